The largest absolute Gasteiger partial charge is 0.512 e. The van der Waals surface area contributed by atoms with Crippen LogP contribution in [0, 0.1) is 0 Å². The monoisotopic (exact) mass is 212 g/mol. The van der Waals surface area contributed by atoms with Crippen molar-refractivity contribution in [2.45, 2.75) is 34.1 Å². The molecule has 0 heterocycles. The van der Waals surface area contributed by atoms with Crippen molar-refractivity contribution in [2.24, 2.45) is 0 Å². The van der Waals surface area contributed by atoms with Gasteiger partial charge in [-0.05, 0) is 44.9 Å². The first-order chi connectivity index (χ1) is 7.03. The second-order valence-electron chi connectivity index (χ2n) is 2.75. The molecule has 0 aliphatic carbocycles. The lowest BCUT2D eigenvalue weighted by Gasteiger charge is -1.98. The van der Waals surface area contributed by atoms with E-state index in [0.717, 1.165) is 18.3 Å². The summed E-state index contributed by atoms with van der Waals surface area (Å²) in [5, 5.41) is 18.2. The Morgan fingerprint density at radius 1 is 1.20 bits per heavy atom. The van der Waals surface area contributed by atoms with Crippen molar-refractivity contribution in [3.05, 3.63) is 35.3 Å². The fourth-order valence-electron chi connectivity index (χ4n) is 0.776. The fraction of sp³-hybridized carbons (Fsp3) is 0.417. The average molecular weight is 212 g/mol. The lowest BCUT2D eigenvalue weighted by molar-refractivity contribution is -0.106. The minimum absolute atomic E-state index is 0.210. The molecule has 2 N–H and O–H groups in total. The average Bonchev–Trinajstić information content (AvgIpc) is 2.19. The third kappa shape index (κ3) is 10.4. The molecule has 0 amide bonds. The van der Waals surface area contributed by atoms with Gasteiger partial charge in [-0.15, -0.1) is 0 Å². The van der Waals surface area contributed by atoms with Crippen LogP contribution >= 0.6 is 0 Å². The molecule has 0 aliphatic rings. The molecule has 0 aliphatic heterocycles. The van der Waals surface area contributed by atoms with E-state index >= 15 is 0 Å². The summed E-state index contributed by atoms with van der Waals surface area (Å²) in [7, 11) is 0. The highest BCUT2D eigenvalue weighted by molar-refractivity contribution is 5.44. The van der Waals surface area contributed by atoms with Crippen LogP contribution in [0.25, 0.3) is 0 Å². The topological polar surface area (TPSA) is 57.5 Å². The summed E-state index contributed by atoms with van der Waals surface area (Å²) >= 11 is 0. The molecule has 86 valence electrons. The van der Waals surface area contributed by atoms with E-state index in [2.05, 4.69) is 0 Å². The first-order valence-electron chi connectivity index (χ1n) is 4.85. The normalized spacial score (nSPS) is 12.9. The van der Waals surface area contributed by atoms with Gasteiger partial charge in [-0.25, -0.2) is 0 Å². The van der Waals surface area contributed by atoms with Gasteiger partial charge in [0.1, 0.15) is 12.0 Å². The van der Waals surface area contributed by atoms with E-state index in [1.807, 2.05) is 6.92 Å². The van der Waals surface area contributed by atoms with E-state index < -0.39 is 0 Å². The number of hydrogen-bond acceptors (Lipinski definition) is 3. The van der Waals surface area contributed by atoms with E-state index in [-0.39, 0.29) is 5.76 Å². The summed E-state index contributed by atoms with van der Waals surface area (Å²) in [5.74, 6) is 0.514. The highest BCUT2D eigenvalue weighted by Gasteiger charge is 1.93. The first-order valence-corrected chi connectivity index (χ1v) is 4.85. The number of aliphatic hydroxyl groups is 2. The molecule has 0 saturated carbocycles. The van der Waals surface area contributed by atoms with Crippen molar-refractivity contribution < 1.29 is 15.0 Å². The van der Waals surface area contributed by atoms with Gasteiger partial charge in [0.2, 0.25) is 0 Å². The van der Waals surface area contributed by atoms with E-state index in [4.69, 9.17) is 15.0 Å². The molecule has 0 aromatic heterocycles. The van der Waals surface area contributed by atoms with Gasteiger partial charge in [-0.2, -0.15) is 0 Å². The van der Waals surface area contributed by atoms with Crippen LogP contribution in [0.5, 0.6) is 0 Å². The van der Waals surface area contributed by atoms with Crippen LogP contribution in [0.3, 0.4) is 0 Å². The van der Waals surface area contributed by atoms with Gasteiger partial charge in [0, 0.05) is 0 Å². The van der Waals surface area contributed by atoms with Crippen molar-refractivity contribution in [2.75, 3.05) is 0 Å². The molecule has 0 bridgehead atoms. The smallest absolute Gasteiger partial charge is 0.116 e. The van der Waals surface area contributed by atoms with Crippen LogP contribution in [-0.4, -0.2) is 16.5 Å². The minimum Gasteiger partial charge on any atom is -0.512 e. The Kier molecular flexibility index (Phi) is 11.2. The minimum atomic E-state index is 0.210. The molecule has 0 unspecified atom stereocenters. The summed E-state index contributed by atoms with van der Waals surface area (Å²) in [6.45, 7) is 6.78. The zero-order chi connectivity index (χ0) is 12.3. The maximum absolute atomic E-state index is 9.13. The molecule has 0 fully saturated rings. The number of carbonyl (C=O) groups excluding carboxylic acids is 1. The predicted octanol–water partition coefficient (Wildman–Crippen LogP) is 3.45. The number of rotatable bonds is 3. The third-order valence-corrected chi connectivity index (χ3v) is 1.60. The molecule has 0 aromatic rings. The zero-order valence-corrected chi connectivity index (χ0v) is 9.82. The standard InChI is InChI=1S/C10H16O2.C2H4O/c1-4-9(8(3)11)6-7-10(12)5-2;1-2-3/h5-7,11-12H,4H2,1-3H3;2H,1H3/b7-6-,9-8+,10-5+;. The Bertz CT molecular complexity index is 256. The number of aliphatic hydroxyl groups excluding tert-OH is 2. The maximum Gasteiger partial charge on any atom is 0.116 e. The van der Waals surface area contributed by atoms with Crippen LogP contribution < -0.4 is 0 Å². The summed E-state index contributed by atoms with van der Waals surface area (Å²) in [6.07, 6.45) is 6.38. The molecule has 0 radical (unpaired) electrons. The molecule has 0 rings (SSSR count). The molecule has 3 heteroatoms. The molecular weight excluding hydrogens is 192 g/mol. The molecule has 0 aromatic carbocycles. The van der Waals surface area contributed by atoms with Crippen LogP contribution in [0.1, 0.15) is 34.1 Å². The van der Waals surface area contributed by atoms with Crippen molar-refractivity contribution in [3.8, 4) is 0 Å². The van der Waals surface area contributed by atoms with Crippen LogP contribution in [-0.2, 0) is 4.79 Å². The maximum atomic E-state index is 9.13. The number of aldehydes is 1. The summed E-state index contributed by atoms with van der Waals surface area (Å²) in [4.78, 5) is 8.81. The quantitative estimate of drug-likeness (QED) is 0.428. The first kappa shape index (κ1) is 15.9. The number of carbonyl (C=O) groups is 1. The Balaban J connectivity index is 0. The van der Waals surface area contributed by atoms with Gasteiger partial charge in [0.25, 0.3) is 0 Å². The van der Waals surface area contributed by atoms with Gasteiger partial charge in [0.05, 0.1) is 5.76 Å². The molecular formula is C12H20O3. The van der Waals surface area contributed by atoms with Crippen molar-refractivity contribution in [3.63, 3.8) is 0 Å². The molecule has 15 heavy (non-hydrogen) atoms. The van der Waals surface area contributed by atoms with E-state index in [0.29, 0.717) is 5.76 Å². The zero-order valence-electron chi connectivity index (χ0n) is 9.82. The fourth-order valence-corrected chi connectivity index (χ4v) is 0.776. The van der Waals surface area contributed by atoms with Crippen molar-refractivity contribution in [1.29, 1.82) is 0 Å². The Morgan fingerprint density at radius 2 is 1.67 bits per heavy atom. The number of allylic oxidation sites excluding steroid dienone is 5. The van der Waals surface area contributed by atoms with E-state index in [1.165, 1.54) is 6.92 Å². The molecule has 3 nitrogen and oxygen atoms in total. The summed E-state index contributed by atoms with van der Waals surface area (Å²) in [6, 6.07) is 0. The lowest BCUT2D eigenvalue weighted by atomic mass is 10.1. The Hall–Kier alpha value is -1.51. The van der Waals surface area contributed by atoms with Crippen LogP contribution in [0.4, 0.5) is 0 Å². The highest BCUT2D eigenvalue weighted by atomic mass is 16.3. The van der Waals surface area contributed by atoms with Gasteiger partial charge < -0.3 is 15.0 Å². The van der Waals surface area contributed by atoms with Gasteiger partial charge in [0.15, 0.2) is 0 Å². The lowest BCUT2D eigenvalue weighted by Crippen LogP contribution is -1.82. The second kappa shape index (κ2) is 10.6. The van der Waals surface area contributed by atoms with Crippen LogP contribution in [0.15, 0.2) is 35.3 Å². The van der Waals surface area contributed by atoms with E-state index in [1.54, 1.807) is 32.1 Å². The van der Waals surface area contributed by atoms with Gasteiger partial charge >= 0.3 is 0 Å². The summed E-state index contributed by atoms with van der Waals surface area (Å²) < 4.78 is 0. The molecule has 0 saturated heterocycles. The Labute approximate surface area is 91.4 Å². The van der Waals surface area contributed by atoms with Crippen molar-refractivity contribution >= 4 is 6.29 Å². The second-order valence-corrected chi connectivity index (χ2v) is 2.75. The Morgan fingerprint density at radius 3 is 1.93 bits per heavy atom. The van der Waals surface area contributed by atoms with Crippen molar-refractivity contribution in [1.82, 2.24) is 0 Å². The van der Waals surface area contributed by atoms with Gasteiger partial charge in [-0.3, -0.25) is 0 Å². The third-order valence-electron chi connectivity index (χ3n) is 1.60. The predicted molar refractivity (Wildman–Crippen MR) is 62.9 cm³/mol. The summed E-state index contributed by atoms with van der Waals surface area (Å²) in [5.41, 5.74) is 0.836. The van der Waals surface area contributed by atoms with Gasteiger partial charge in [-0.1, -0.05) is 13.0 Å². The van der Waals surface area contributed by atoms with E-state index in [9.17, 15) is 0 Å². The molecule has 0 atom stereocenters. The van der Waals surface area contributed by atoms with Crippen LogP contribution in [0.2, 0.25) is 0 Å². The SMILES string of the molecule is CC=O.C\C=C(O)/C=C\C(CC)=C(/C)O. The number of hydrogen-bond donors (Lipinski definition) is 2. The molecule has 0 spiro atoms. The highest BCUT2D eigenvalue weighted by Crippen LogP contribution is 2.08.